The molecule has 0 N–H and O–H groups in total. The molecule has 0 amide bonds. The van der Waals surface area contributed by atoms with Crippen LogP contribution in [0, 0.1) is 6.07 Å². The maximum Gasteiger partial charge on any atom is 0.0499 e. The third-order valence-corrected chi connectivity index (χ3v) is 3.01. The molecule has 15 heavy (non-hydrogen) atoms. The van der Waals surface area contributed by atoms with Gasteiger partial charge in [-0.15, -0.1) is 0 Å². The number of hydrogen-bond donors (Lipinski definition) is 0. The van der Waals surface area contributed by atoms with Crippen molar-refractivity contribution in [2.45, 2.75) is 0 Å². The first-order valence-electron chi connectivity index (χ1n) is 4.29. The maximum atomic E-state index is 6.11. The second-order valence-electron chi connectivity index (χ2n) is 3.05. The summed E-state index contributed by atoms with van der Waals surface area (Å²) in [6.07, 6.45) is 0. The minimum atomic E-state index is 0.644. The molecule has 0 unspecified atom stereocenters. The fourth-order valence-electron chi connectivity index (χ4n) is 1.33. The standard InChI is InChI=1S/C12H6BrCl2/c13-9-3-1-2-8(6-9)11-5-4-10(14)7-12(11)15/h1-2,4-7H. The van der Waals surface area contributed by atoms with E-state index in [0.717, 1.165) is 15.6 Å². The van der Waals surface area contributed by atoms with Gasteiger partial charge in [0.05, 0.1) is 0 Å². The number of benzene rings is 2. The average molecular weight is 301 g/mol. The lowest BCUT2D eigenvalue weighted by atomic mass is 10.1. The van der Waals surface area contributed by atoms with Crippen molar-refractivity contribution in [3.63, 3.8) is 0 Å². The average Bonchev–Trinajstić information content (AvgIpc) is 2.17. The van der Waals surface area contributed by atoms with E-state index in [1.54, 1.807) is 6.07 Å². The molecule has 0 bridgehead atoms. The molecule has 0 aliphatic heterocycles. The van der Waals surface area contributed by atoms with Gasteiger partial charge in [0, 0.05) is 20.1 Å². The molecule has 0 aromatic heterocycles. The van der Waals surface area contributed by atoms with Gasteiger partial charge >= 0.3 is 0 Å². The maximum absolute atomic E-state index is 6.11. The lowest BCUT2D eigenvalue weighted by Gasteiger charge is -2.05. The zero-order chi connectivity index (χ0) is 10.8. The Bertz CT molecular complexity index is 495. The summed E-state index contributed by atoms with van der Waals surface area (Å²) in [6, 6.07) is 14.3. The summed E-state index contributed by atoms with van der Waals surface area (Å²) in [7, 11) is 0. The number of halogens is 3. The molecule has 0 aliphatic rings. The summed E-state index contributed by atoms with van der Waals surface area (Å²) in [5.41, 5.74) is 2.01. The van der Waals surface area contributed by atoms with E-state index in [2.05, 4.69) is 22.0 Å². The summed E-state index contributed by atoms with van der Waals surface area (Å²) in [5, 5.41) is 1.30. The van der Waals surface area contributed by atoms with Crippen LogP contribution in [0.3, 0.4) is 0 Å². The van der Waals surface area contributed by atoms with Gasteiger partial charge < -0.3 is 0 Å². The van der Waals surface area contributed by atoms with E-state index in [0.29, 0.717) is 10.0 Å². The van der Waals surface area contributed by atoms with Crippen LogP contribution in [0.1, 0.15) is 0 Å². The van der Waals surface area contributed by atoms with E-state index in [4.69, 9.17) is 23.2 Å². The highest BCUT2D eigenvalue weighted by Gasteiger charge is 2.04. The molecule has 2 aromatic rings. The van der Waals surface area contributed by atoms with Gasteiger partial charge in [-0.2, -0.15) is 0 Å². The first kappa shape index (κ1) is 11.0. The quantitative estimate of drug-likeness (QED) is 0.677. The number of hydrogen-bond acceptors (Lipinski definition) is 0. The topological polar surface area (TPSA) is 0 Å². The Morgan fingerprint density at radius 1 is 1.07 bits per heavy atom. The molecular formula is C12H6BrCl2. The highest BCUT2D eigenvalue weighted by Crippen LogP contribution is 2.31. The Morgan fingerprint density at radius 3 is 2.53 bits per heavy atom. The van der Waals surface area contributed by atoms with Gasteiger partial charge in [0.25, 0.3) is 0 Å². The van der Waals surface area contributed by atoms with Crippen molar-refractivity contribution in [3.05, 3.63) is 57.0 Å². The van der Waals surface area contributed by atoms with E-state index in [9.17, 15) is 0 Å². The summed E-state index contributed by atoms with van der Waals surface area (Å²) in [5.74, 6) is 0. The van der Waals surface area contributed by atoms with Crippen molar-refractivity contribution in [1.29, 1.82) is 0 Å². The molecule has 0 fully saturated rings. The van der Waals surface area contributed by atoms with Crippen molar-refractivity contribution in [1.82, 2.24) is 0 Å². The molecule has 0 nitrogen and oxygen atoms in total. The zero-order valence-electron chi connectivity index (χ0n) is 7.60. The summed E-state index contributed by atoms with van der Waals surface area (Å²) in [6.45, 7) is 0. The van der Waals surface area contributed by atoms with Crippen molar-refractivity contribution in [2.24, 2.45) is 0 Å². The first-order valence-corrected chi connectivity index (χ1v) is 5.84. The monoisotopic (exact) mass is 299 g/mol. The lowest BCUT2D eigenvalue weighted by molar-refractivity contribution is 1.58. The zero-order valence-corrected chi connectivity index (χ0v) is 10.7. The molecule has 0 saturated heterocycles. The van der Waals surface area contributed by atoms with Crippen molar-refractivity contribution in [2.75, 3.05) is 0 Å². The van der Waals surface area contributed by atoms with Crippen LogP contribution in [-0.4, -0.2) is 0 Å². The Balaban J connectivity index is 2.54. The largest absolute Gasteiger partial charge is 0.0843 e. The third-order valence-electron chi connectivity index (χ3n) is 2.01. The third kappa shape index (κ3) is 2.54. The summed E-state index contributed by atoms with van der Waals surface area (Å²) >= 11 is 15.3. The molecule has 0 spiro atoms. The van der Waals surface area contributed by atoms with E-state index in [-0.39, 0.29) is 0 Å². The van der Waals surface area contributed by atoms with Crippen LogP contribution in [0.25, 0.3) is 11.1 Å². The minimum Gasteiger partial charge on any atom is -0.0843 e. The molecule has 2 aromatic carbocycles. The van der Waals surface area contributed by atoms with Gasteiger partial charge in [-0.3, -0.25) is 0 Å². The summed E-state index contributed by atoms with van der Waals surface area (Å²) < 4.78 is 0.908. The molecule has 0 atom stereocenters. The van der Waals surface area contributed by atoms with Gasteiger partial charge in [0.2, 0.25) is 0 Å². The van der Waals surface area contributed by atoms with Crippen LogP contribution in [-0.2, 0) is 0 Å². The molecule has 0 heterocycles. The van der Waals surface area contributed by atoms with Crippen LogP contribution >= 0.6 is 39.1 Å². The van der Waals surface area contributed by atoms with E-state index < -0.39 is 0 Å². The van der Waals surface area contributed by atoms with Crippen molar-refractivity contribution >= 4 is 39.1 Å². The van der Waals surface area contributed by atoms with Gasteiger partial charge in [-0.1, -0.05) is 57.3 Å². The van der Waals surface area contributed by atoms with Crippen LogP contribution in [0.5, 0.6) is 0 Å². The van der Waals surface area contributed by atoms with E-state index in [1.165, 1.54) is 0 Å². The smallest absolute Gasteiger partial charge is 0.0499 e. The molecule has 75 valence electrons. The van der Waals surface area contributed by atoms with Crippen molar-refractivity contribution in [3.8, 4) is 11.1 Å². The second-order valence-corrected chi connectivity index (χ2v) is 4.75. The molecule has 2 rings (SSSR count). The fraction of sp³-hybridized carbons (Fsp3) is 0. The SMILES string of the molecule is Clc1ccc(-c2cc[c]c(Br)c2)c(Cl)c1. The molecular weight excluding hydrogens is 295 g/mol. The van der Waals surface area contributed by atoms with Gasteiger partial charge in [0.15, 0.2) is 0 Å². The summed E-state index contributed by atoms with van der Waals surface area (Å²) in [4.78, 5) is 0. The Hall–Kier alpha value is -0.500. The lowest BCUT2D eigenvalue weighted by Crippen LogP contribution is -1.79. The van der Waals surface area contributed by atoms with Crippen LogP contribution in [0.15, 0.2) is 40.9 Å². The minimum absolute atomic E-state index is 0.644. The second kappa shape index (κ2) is 4.56. The normalized spacial score (nSPS) is 10.3. The molecule has 0 saturated carbocycles. The highest BCUT2D eigenvalue weighted by molar-refractivity contribution is 9.10. The highest BCUT2D eigenvalue weighted by atomic mass is 79.9. The number of rotatable bonds is 1. The van der Waals surface area contributed by atoms with E-state index >= 15 is 0 Å². The fourth-order valence-corrected chi connectivity index (χ4v) is 2.22. The Labute approximate surface area is 107 Å². The van der Waals surface area contributed by atoms with Gasteiger partial charge in [-0.05, 0) is 29.8 Å². The molecule has 3 heteroatoms. The van der Waals surface area contributed by atoms with Gasteiger partial charge in [-0.25, -0.2) is 0 Å². The van der Waals surface area contributed by atoms with E-state index in [1.807, 2.05) is 30.3 Å². The molecule has 1 radical (unpaired) electrons. The van der Waals surface area contributed by atoms with Crippen LogP contribution < -0.4 is 0 Å². The Morgan fingerprint density at radius 2 is 1.87 bits per heavy atom. The van der Waals surface area contributed by atoms with Crippen LogP contribution in [0.4, 0.5) is 0 Å². The van der Waals surface area contributed by atoms with Gasteiger partial charge in [0.1, 0.15) is 0 Å². The molecule has 0 aliphatic carbocycles. The Kier molecular flexibility index (Phi) is 3.35. The first-order chi connectivity index (χ1) is 7.16. The predicted octanol–water partition coefficient (Wildman–Crippen LogP) is 5.22. The van der Waals surface area contributed by atoms with Crippen LogP contribution in [0.2, 0.25) is 10.0 Å². The van der Waals surface area contributed by atoms with Crippen molar-refractivity contribution < 1.29 is 0 Å². The predicted molar refractivity (Wildman–Crippen MR) is 68.4 cm³/mol.